The van der Waals surface area contributed by atoms with Crippen molar-refractivity contribution in [1.82, 2.24) is 4.98 Å². The lowest BCUT2D eigenvalue weighted by Crippen LogP contribution is -2.07. The third-order valence-corrected chi connectivity index (χ3v) is 1.37. The lowest BCUT2D eigenvalue weighted by Gasteiger charge is -1.99. The van der Waals surface area contributed by atoms with E-state index in [-0.39, 0.29) is 12.3 Å². The van der Waals surface area contributed by atoms with Crippen LogP contribution in [0, 0.1) is 18.3 Å². The second-order valence-corrected chi connectivity index (χ2v) is 2.40. The quantitative estimate of drug-likeness (QED) is 0.632. The number of aromatic nitrogens is 1. The number of esters is 1. The van der Waals surface area contributed by atoms with Gasteiger partial charge in [0.2, 0.25) is 0 Å². The Hall–Kier alpha value is -1.89. The van der Waals surface area contributed by atoms with Crippen LogP contribution in [-0.4, -0.2) is 17.6 Å². The standard InChI is InChI=1S/C9H8N2O2/c1-7-3-2-4-8(11-7)9(12)13-6-5-10/h2-4H,6H2,1H3. The van der Waals surface area contributed by atoms with Crippen LogP contribution >= 0.6 is 0 Å². The van der Waals surface area contributed by atoms with Crippen molar-refractivity contribution >= 4 is 5.97 Å². The Morgan fingerprint density at radius 2 is 2.46 bits per heavy atom. The Kier molecular flexibility index (Phi) is 2.98. The molecule has 0 saturated heterocycles. The SMILES string of the molecule is Cc1cccc(C(=O)OCC#N)n1. The molecule has 0 N–H and O–H groups in total. The smallest absolute Gasteiger partial charge is 0.357 e. The minimum absolute atomic E-state index is 0.232. The van der Waals surface area contributed by atoms with Crippen LogP contribution in [0.3, 0.4) is 0 Å². The number of hydrogen-bond donors (Lipinski definition) is 0. The van der Waals surface area contributed by atoms with Gasteiger partial charge < -0.3 is 4.74 Å². The van der Waals surface area contributed by atoms with Crippen molar-refractivity contribution in [1.29, 1.82) is 5.26 Å². The maximum absolute atomic E-state index is 11.1. The average molecular weight is 176 g/mol. The second kappa shape index (κ2) is 4.21. The molecular weight excluding hydrogens is 168 g/mol. The summed E-state index contributed by atoms with van der Waals surface area (Å²) in [6.45, 7) is 1.54. The van der Waals surface area contributed by atoms with Crippen molar-refractivity contribution in [2.24, 2.45) is 0 Å². The molecule has 0 amide bonds. The number of rotatable bonds is 2. The lowest BCUT2D eigenvalue weighted by molar-refractivity contribution is 0.0548. The van der Waals surface area contributed by atoms with Crippen molar-refractivity contribution in [2.45, 2.75) is 6.92 Å². The Morgan fingerprint density at radius 3 is 3.08 bits per heavy atom. The highest BCUT2D eigenvalue weighted by molar-refractivity contribution is 5.87. The van der Waals surface area contributed by atoms with E-state index < -0.39 is 5.97 Å². The largest absolute Gasteiger partial charge is 0.446 e. The zero-order valence-electron chi connectivity index (χ0n) is 7.15. The number of carbonyl (C=O) groups excluding carboxylic acids is 1. The molecule has 0 bridgehead atoms. The van der Waals surface area contributed by atoms with Crippen LogP contribution < -0.4 is 0 Å². The van der Waals surface area contributed by atoms with Crippen molar-refractivity contribution in [3.05, 3.63) is 29.6 Å². The molecule has 0 unspecified atom stereocenters. The molecule has 0 atom stereocenters. The molecule has 0 fully saturated rings. The van der Waals surface area contributed by atoms with E-state index in [9.17, 15) is 4.79 Å². The topological polar surface area (TPSA) is 63.0 Å². The number of aryl methyl sites for hydroxylation is 1. The Labute approximate surface area is 75.8 Å². The predicted octanol–water partition coefficient (Wildman–Crippen LogP) is 1.07. The zero-order chi connectivity index (χ0) is 9.68. The van der Waals surface area contributed by atoms with Crippen molar-refractivity contribution in [2.75, 3.05) is 6.61 Å². The van der Waals surface area contributed by atoms with Crippen LogP contribution in [0.1, 0.15) is 16.2 Å². The van der Waals surface area contributed by atoms with Gasteiger partial charge in [0.1, 0.15) is 11.8 Å². The predicted molar refractivity (Wildman–Crippen MR) is 44.9 cm³/mol. The average Bonchev–Trinajstić information content (AvgIpc) is 2.14. The van der Waals surface area contributed by atoms with Gasteiger partial charge in [-0.05, 0) is 19.1 Å². The molecule has 13 heavy (non-hydrogen) atoms. The second-order valence-electron chi connectivity index (χ2n) is 2.40. The van der Waals surface area contributed by atoms with Gasteiger partial charge in [-0.25, -0.2) is 9.78 Å². The van der Waals surface area contributed by atoms with E-state index >= 15 is 0 Å². The minimum Gasteiger partial charge on any atom is -0.446 e. The highest BCUT2D eigenvalue weighted by Gasteiger charge is 2.07. The highest BCUT2D eigenvalue weighted by Crippen LogP contribution is 1.99. The fourth-order valence-electron chi connectivity index (χ4n) is 0.828. The van der Waals surface area contributed by atoms with Gasteiger partial charge in [0, 0.05) is 5.69 Å². The normalized spacial score (nSPS) is 8.92. The Balaban J connectivity index is 2.72. The van der Waals surface area contributed by atoms with Crippen LogP contribution in [0.15, 0.2) is 18.2 Å². The summed E-state index contributed by atoms with van der Waals surface area (Å²) in [5.41, 5.74) is 0.974. The molecule has 0 saturated carbocycles. The fourth-order valence-corrected chi connectivity index (χ4v) is 0.828. The summed E-state index contributed by atoms with van der Waals surface area (Å²) in [5.74, 6) is -0.565. The molecule has 4 heteroatoms. The van der Waals surface area contributed by atoms with Crippen LogP contribution in [-0.2, 0) is 4.74 Å². The zero-order valence-corrected chi connectivity index (χ0v) is 7.15. The van der Waals surface area contributed by atoms with Crippen LogP contribution in [0.25, 0.3) is 0 Å². The van der Waals surface area contributed by atoms with E-state index in [0.29, 0.717) is 0 Å². The monoisotopic (exact) mass is 176 g/mol. The molecule has 0 aliphatic heterocycles. The van der Waals surface area contributed by atoms with Gasteiger partial charge >= 0.3 is 5.97 Å². The highest BCUT2D eigenvalue weighted by atomic mass is 16.5. The van der Waals surface area contributed by atoms with E-state index in [0.717, 1.165) is 5.69 Å². The van der Waals surface area contributed by atoms with Crippen LogP contribution in [0.5, 0.6) is 0 Å². The molecule has 1 heterocycles. The van der Waals surface area contributed by atoms with E-state index in [4.69, 9.17) is 5.26 Å². The molecule has 66 valence electrons. The fraction of sp³-hybridized carbons (Fsp3) is 0.222. The van der Waals surface area contributed by atoms with E-state index in [1.54, 1.807) is 31.2 Å². The van der Waals surface area contributed by atoms with Gasteiger partial charge in [0.25, 0.3) is 0 Å². The maximum atomic E-state index is 11.1. The lowest BCUT2D eigenvalue weighted by atomic mass is 10.3. The minimum atomic E-state index is -0.565. The molecule has 4 nitrogen and oxygen atoms in total. The van der Waals surface area contributed by atoms with Crippen LogP contribution in [0.2, 0.25) is 0 Å². The van der Waals surface area contributed by atoms with Gasteiger partial charge in [-0.1, -0.05) is 6.07 Å². The molecule has 0 radical (unpaired) electrons. The van der Waals surface area contributed by atoms with E-state index in [1.807, 2.05) is 0 Å². The third kappa shape index (κ3) is 2.56. The van der Waals surface area contributed by atoms with Crippen molar-refractivity contribution in [3.63, 3.8) is 0 Å². The van der Waals surface area contributed by atoms with Gasteiger partial charge in [-0.2, -0.15) is 5.26 Å². The summed E-state index contributed by atoms with van der Waals surface area (Å²) in [4.78, 5) is 15.1. The van der Waals surface area contributed by atoms with Gasteiger partial charge in [0.15, 0.2) is 6.61 Å². The Morgan fingerprint density at radius 1 is 1.69 bits per heavy atom. The molecule has 0 aromatic carbocycles. The maximum Gasteiger partial charge on any atom is 0.357 e. The summed E-state index contributed by atoms with van der Waals surface area (Å²) in [6, 6.07) is 6.75. The number of nitriles is 1. The summed E-state index contributed by atoms with van der Waals surface area (Å²) < 4.78 is 4.57. The van der Waals surface area contributed by atoms with Gasteiger partial charge in [-0.15, -0.1) is 0 Å². The first-order chi connectivity index (χ1) is 6.24. The number of ether oxygens (including phenoxy) is 1. The first-order valence-corrected chi connectivity index (χ1v) is 3.72. The van der Waals surface area contributed by atoms with E-state index in [1.165, 1.54) is 0 Å². The number of hydrogen-bond acceptors (Lipinski definition) is 4. The number of pyridine rings is 1. The summed E-state index contributed by atoms with van der Waals surface area (Å²) >= 11 is 0. The molecule has 0 aliphatic carbocycles. The number of nitrogens with zero attached hydrogens (tertiary/aromatic N) is 2. The van der Waals surface area contributed by atoms with E-state index in [2.05, 4.69) is 9.72 Å². The summed E-state index contributed by atoms with van der Waals surface area (Å²) in [5, 5.41) is 8.17. The van der Waals surface area contributed by atoms with Crippen molar-refractivity contribution < 1.29 is 9.53 Å². The Bertz CT molecular complexity index is 355. The van der Waals surface area contributed by atoms with Gasteiger partial charge in [0.05, 0.1) is 0 Å². The number of carbonyl (C=O) groups is 1. The first-order valence-electron chi connectivity index (χ1n) is 3.72. The summed E-state index contributed by atoms with van der Waals surface area (Å²) in [6.07, 6.45) is 0. The first kappa shape index (κ1) is 9.20. The van der Waals surface area contributed by atoms with Crippen LogP contribution in [0.4, 0.5) is 0 Å². The molecular formula is C9H8N2O2. The molecule has 0 spiro atoms. The molecule has 0 aliphatic rings. The molecule has 1 aromatic rings. The molecule has 1 rings (SSSR count). The summed E-state index contributed by atoms with van der Waals surface area (Å²) in [7, 11) is 0. The van der Waals surface area contributed by atoms with Gasteiger partial charge in [-0.3, -0.25) is 0 Å². The van der Waals surface area contributed by atoms with Crippen molar-refractivity contribution in [3.8, 4) is 6.07 Å². The third-order valence-electron chi connectivity index (χ3n) is 1.37. The molecule has 1 aromatic heterocycles.